The van der Waals surface area contributed by atoms with Gasteiger partial charge in [-0.3, -0.25) is 20.2 Å². The molecule has 2 aliphatic rings. The molecule has 2 atom stereocenters. The molecule has 4 amide bonds. The van der Waals surface area contributed by atoms with Crippen molar-refractivity contribution in [1.82, 2.24) is 4.90 Å². The number of hydrogen-bond donors (Lipinski definition) is 4. The third-order valence-corrected chi connectivity index (χ3v) is 7.08. The van der Waals surface area contributed by atoms with E-state index in [2.05, 4.69) is 16.0 Å². The molecule has 2 heterocycles. The Kier molecular flexibility index (Phi) is 7.12. The molecule has 39 heavy (non-hydrogen) atoms. The Balaban J connectivity index is 1.38. The van der Waals surface area contributed by atoms with Gasteiger partial charge in [-0.25, -0.2) is 9.59 Å². The predicted molar refractivity (Wildman–Crippen MR) is 145 cm³/mol. The quantitative estimate of drug-likeness (QED) is 0.323. The monoisotopic (exact) mass is 548 g/mol. The number of carbonyl (C=O) groups excluding carboxylic acids is 3. The first-order valence-corrected chi connectivity index (χ1v) is 12.6. The van der Waals surface area contributed by atoms with Crippen molar-refractivity contribution < 1.29 is 29.0 Å². The van der Waals surface area contributed by atoms with Gasteiger partial charge in [0.15, 0.2) is 5.60 Å². The van der Waals surface area contributed by atoms with E-state index in [1.165, 1.54) is 12.1 Å². The van der Waals surface area contributed by atoms with E-state index in [-0.39, 0.29) is 19.5 Å². The number of nitrogens with zero attached hydrogens (tertiary/aromatic N) is 1. The van der Waals surface area contributed by atoms with Crippen molar-refractivity contribution in [1.29, 1.82) is 0 Å². The Labute approximate surface area is 228 Å². The highest BCUT2D eigenvalue weighted by Gasteiger charge is 2.50. The summed E-state index contributed by atoms with van der Waals surface area (Å²) in [6, 6.07) is 20.4. The van der Waals surface area contributed by atoms with Crippen molar-refractivity contribution >= 4 is 52.7 Å². The smallest absolute Gasteiger partial charge is 0.412 e. The summed E-state index contributed by atoms with van der Waals surface area (Å²) in [6.45, 7) is 0.368. The molecule has 3 aromatic carbocycles. The summed E-state index contributed by atoms with van der Waals surface area (Å²) in [5.74, 6) is -1.96. The van der Waals surface area contributed by atoms with E-state index in [4.69, 9.17) is 21.4 Å². The first-order chi connectivity index (χ1) is 18.7. The number of benzene rings is 3. The van der Waals surface area contributed by atoms with Crippen LogP contribution in [0.4, 0.5) is 26.7 Å². The van der Waals surface area contributed by atoms with Crippen molar-refractivity contribution in [3.63, 3.8) is 0 Å². The van der Waals surface area contributed by atoms with Gasteiger partial charge in [0, 0.05) is 34.9 Å². The second kappa shape index (κ2) is 10.7. The van der Waals surface area contributed by atoms with Crippen LogP contribution in [0.2, 0.25) is 5.02 Å². The molecule has 1 spiro atoms. The molecule has 0 bridgehead atoms. The zero-order valence-corrected chi connectivity index (χ0v) is 21.4. The van der Waals surface area contributed by atoms with Crippen LogP contribution in [0.15, 0.2) is 72.8 Å². The second-order valence-corrected chi connectivity index (χ2v) is 9.88. The van der Waals surface area contributed by atoms with Crippen LogP contribution in [0.25, 0.3) is 0 Å². The highest BCUT2D eigenvalue weighted by molar-refractivity contribution is 6.30. The lowest BCUT2D eigenvalue weighted by molar-refractivity contribution is -0.140. The van der Waals surface area contributed by atoms with E-state index in [1.54, 1.807) is 35.2 Å². The zero-order valence-electron chi connectivity index (χ0n) is 20.6. The highest BCUT2D eigenvalue weighted by Crippen LogP contribution is 2.44. The molecule has 200 valence electrons. The number of likely N-dealkylation sites (tertiary alicyclic amines) is 1. The summed E-state index contributed by atoms with van der Waals surface area (Å²) in [4.78, 5) is 52.1. The maximum absolute atomic E-state index is 13.9. The zero-order chi connectivity index (χ0) is 27.6. The standard InChI is InChI=1S/C28H25ClN4O6/c29-18-6-11-23-22(15-18)28(39-27(38)32-23)12-13-33(16-28)25(35)21(14-17-4-2-1-3-5-17)24(34)30-19-7-9-20(10-8-19)31-26(36)37/h1-11,15,21,31H,12-14,16H2,(H,30,34)(H,32,38)(H,36,37)/t21-,28+/m0/s1. The normalized spacial score (nSPS) is 18.5. The van der Waals surface area contributed by atoms with Gasteiger partial charge >= 0.3 is 12.2 Å². The Hall–Kier alpha value is -4.57. The molecule has 10 nitrogen and oxygen atoms in total. The maximum Gasteiger partial charge on any atom is 0.412 e. The third-order valence-electron chi connectivity index (χ3n) is 6.84. The first kappa shape index (κ1) is 26.1. The van der Waals surface area contributed by atoms with E-state index < -0.39 is 35.5 Å². The number of carbonyl (C=O) groups is 4. The number of amides is 4. The van der Waals surface area contributed by atoms with E-state index in [0.29, 0.717) is 34.1 Å². The van der Waals surface area contributed by atoms with Gasteiger partial charge < -0.3 is 20.1 Å². The average molecular weight is 549 g/mol. The molecule has 11 heteroatoms. The molecule has 0 aliphatic carbocycles. The fraction of sp³-hybridized carbons (Fsp3) is 0.214. The molecule has 4 N–H and O–H groups in total. The van der Waals surface area contributed by atoms with Gasteiger partial charge in [0.05, 0.1) is 12.2 Å². The molecule has 0 radical (unpaired) electrons. The number of ether oxygens (including phenoxy) is 1. The number of rotatable bonds is 6. The number of fused-ring (bicyclic) bond motifs is 2. The van der Waals surface area contributed by atoms with Gasteiger partial charge in [0.25, 0.3) is 0 Å². The van der Waals surface area contributed by atoms with Crippen molar-refractivity contribution in [2.45, 2.75) is 18.4 Å². The molecule has 1 saturated heterocycles. The average Bonchev–Trinajstić information content (AvgIpc) is 3.33. The molecular formula is C28H25ClN4O6. The number of nitrogens with one attached hydrogen (secondary N) is 3. The summed E-state index contributed by atoms with van der Waals surface area (Å²) in [7, 11) is 0. The highest BCUT2D eigenvalue weighted by atomic mass is 35.5. The lowest BCUT2D eigenvalue weighted by Crippen LogP contribution is -2.45. The van der Waals surface area contributed by atoms with E-state index in [9.17, 15) is 19.2 Å². The van der Waals surface area contributed by atoms with Crippen molar-refractivity contribution in [3.05, 3.63) is 88.9 Å². The molecule has 0 unspecified atom stereocenters. The van der Waals surface area contributed by atoms with E-state index >= 15 is 0 Å². The van der Waals surface area contributed by atoms with E-state index in [0.717, 1.165) is 5.56 Å². The summed E-state index contributed by atoms with van der Waals surface area (Å²) in [5.41, 5.74) is 1.76. The minimum atomic E-state index is -1.20. The van der Waals surface area contributed by atoms with Gasteiger partial charge in [-0.1, -0.05) is 41.9 Å². The lowest BCUT2D eigenvalue weighted by Gasteiger charge is -2.35. The van der Waals surface area contributed by atoms with Crippen LogP contribution in [0.1, 0.15) is 17.5 Å². The molecule has 5 rings (SSSR count). The minimum Gasteiger partial charge on any atom is -0.465 e. The van der Waals surface area contributed by atoms with Crippen LogP contribution in [-0.4, -0.2) is 47.1 Å². The predicted octanol–water partition coefficient (Wildman–Crippen LogP) is 4.92. The number of halogens is 1. The molecule has 0 aromatic heterocycles. The topological polar surface area (TPSA) is 137 Å². The number of hydrogen-bond acceptors (Lipinski definition) is 5. The summed E-state index contributed by atoms with van der Waals surface area (Å²) < 4.78 is 5.74. The molecular weight excluding hydrogens is 524 g/mol. The SMILES string of the molecule is O=C(O)Nc1ccc(NC(=O)[C@H](Cc2ccccc2)C(=O)N2CC[C@]3(C2)OC(=O)Nc2ccc(Cl)cc23)cc1. The Bertz CT molecular complexity index is 1430. The Morgan fingerprint density at radius 1 is 1.03 bits per heavy atom. The van der Waals surface area contributed by atoms with Crippen LogP contribution < -0.4 is 16.0 Å². The van der Waals surface area contributed by atoms with Crippen molar-refractivity contribution in [2.75, 3.05) is 29.0 Å². The molecule has 2 aliphatic heterocycles. The van der Waals surface area contributed by atoms with Crippen LogP contribution in [0.3, 0.4) is 0 Å². The minimum absolute atomic E-state index is 0.0840. The van der Waals surface area contributed by atoms with Crippen molar-refractivity contribution in [2.24, 2.45) is 5.92 Å². The van der Waals surface area contributed by atoms with Gasteiger partial charge in [0.1, 0.15) is 5.92 Å². The Morgan fingerprint density at radius 2 is 1.72 bits per heavy atom. The second-order valence-electron chi connectivity index (χ2n) is 9.45. The summed E-state index contributed by atoms with van der Waals surface area (Å²) >= 11 is 6.23. The fourth-order valence-electron chi connectivity index (χ4n) is 5.00. The summed E-state index contributed by atoms with van der Waals surface area (Å²) in [6.07, 6.45) is -1.29. The van der Waals surface area contributed by atoms with Gasteiger partial charge in [-0.05, 0) is 54.4 Å². The molecule has 3 aromatic rings. The Morgan fingerprint density at radius 3 is 2.41 bits per heavy atom. The first-order valence-electron chi connectivity index (χ1n) is 12.3. The van der Waals surface area contributed by atoms with Crippen LogP contribution >= 0.6 is 11.6 Å². The fourth-order valence-corrected chi connectivity index (χ4v) is 5.17. The van der Waals surface area contributed by atoms with Gasteiger partial charge in [0.2, 0.25) is 11.8 Å². The number of anilines is 3. The van der Waals surface area contributed by atoms with Crippen LogP contribution in [-0.2, 0) is 26.3 Å². The van der Waals surface area contributed by atoms with Crippen LogP contribution in [0, 0.1) is 5.92 Å². The van der Waals surface area contributed by atoms with Gasteiger partial charge in [-0.15, -0.1) is 0 Å². The number of carboxylic acid groups (broad SMARTS) is 1. The maximum atomic E-state index is 13.9. The lowest BCUT2D eigenvalue weighted by atomic mass is 9.90. The van der Waals surface area contributed by atoms with E-state index in [1.807, 2.05) is 30.3 Å². The van der Waals surface area contributed by atoms with Crippen LogP contribution in [0.5, 0.6) is 0 Å². The molecule has 1 fully saturated rings. The third kappa shape index (κ3) is 5.65. The molecule has 0 saturated carbocycles. The van der Waals surface area contributed by atoms with Crippen molar-refractivity contribution in [3.8, 4) is 0 Å². The summed E-state index contributed by atoms with van der Waals surface area (Å²) in [5, 5.41) is 17.0. The largest absolute Gasteiger partial charge is 0.465 e. The van der Waals surface area contributed by atoms with Gasteiger partial charge in [-0.2, -0.15) is 0 Å².